The number of hydroxylamine groups is 2. The largest absolute Gasteiger partial charge is 0.491 e. The summed E-state index contributed by atoms with van der Waals surface area (Å²) in [6.07, 6.45) is -0.162. The van der Waals surface area contributed by atoms with Crippen LogP contribution in [0.5, 0.6) is 0 Å². The number of hydrogen-bond donors (Lipinski definition) is 2. The first-order valence-electron chi connectivity index (χ1n) is 2.63. The van der Waals surface area contributed by atoms with Gasteiger partial charge in [-0.15, -0.1) is 0 Å². The molecule has 0 aromatic heterocycles. The third-order valence-electron chi connectivity index (χ3n) is 1.19. The number of carbonyl (C=O) groups is 1. The standard InChI is InChI=1S/C5H7NO4/c1-10-3-2-4(7)6(9)5(3)8/h2,4,7,9H,1H3. The third-order valence-corrected chi connectivity index (χ3v) is 1.19. The highest BCUT2D eigenvalue weighted by Crippen LogP contribution is 2.13. The van der Waals surface area contributed by atoms with Crippen molar-refractivity contribution in [3.63, 3.8) is 0 Å². The molecule has 1 amide bonds. The minimum Gasteiger partial charge on any atom is -0.491 e. The molecule has 1 aliphatic heterocycles. The zero-order chi connectivity index (χ0) is 7.72. The van der Waals surface area contributed by atoms with Gasteiger partial charge in [-0.3, -0.25) is 10.0 Å². The molecule has 1 rings (SSSR count). The van der Waals surface area contributed by atoms with Gasteiger partial charge in [-0.25, -0.2) is 0 Å². The van der Waals surface area contributed by atoms with Crippen molar-refractivity contribution in [1.29, 1.82) is 0 Å². The monoisotopic (exact) mass is 145 g/mol. The molecule has 1 heterocycles. The maximum absolute atomic E-state index is 10.7. The van der Waals surface area contributed by atoms with Crippen LogP contribution >= 0.6 is 0 Å². The lowest BCUT2D eigenvalue weighted by Crippen LogP contribution is -2.30. The summed E-state index contributed by atoms with van der Waals surface area (Å²) < 4.78 is 4.51. The topological polar surface area (TPSA) is 70.0 Å². The second kappa shape index (κ2) is 2.28. The average Bonchev–Trinajstić information content (AvgIpc) is 2.17. The molecule has 10 heavy (non-hydrogen) atoms. The van der Waals surface area contributed by atoms with Crippen molar-refractivity contribution >= 4 is 5.91 Å². The zero-order valence-corrected chi connectivity index (χ0v) is 5.31. The van der Waals surface area contributed by atoms with E-state index in [1.807, 2.05) is 0 Å². The summed E-state index contributed by atoms with van der Waals surface area (Å²) in [4.78, 5) is 10.7. The van der Waals surface area contributed by atoms with Crippen molar-refractivity contribution in [2.24, 2.45) is 0 Å². The van der Waals surface area contributed by atoms with Crippen LogP contribution in [0, 0.1) is 0 Å². The van der Waals surface area contributed by atoms with Crippen molar-refractivity contribution in [1.82, 2.24) is 5.06 Å². The maximum Gasteiger partial charge on any atom is 0.314 e. The predicted molar refractivity (Wildman–Crippen MR) is 29.7 cm³/mol. The van der Waals surface area contributed by atoms with Gasteiger partial charge in [0.25, 0.3) is 0 Å². The molecule has 0 spiro atoms. The highest BCUT2D eigenvalue weighted by Gasteiger charge is 2.30. The molecule has 5 nitrogen and oxygen atoms in total. The van der Waals surface area contributed by atoms with Crippen LogP contribution in [0.1, 0.15) is 0 Å². The summed E-state index contributed by atoms with van der Waals surface area (Å²) in [5, 5.41) is 17.6. The molecule has 0 radical (unpaired) electrons. The van der Waals surface area contributed by atoms with Gasteiger partial charge in [0.2, 0.25) is 0 Å². The SMILES string of the molecule is COC1=CC(O)N(O)C1=O. The van der Waals surface area contributed by atoms with Gasteiger partial charge in [0.1, 0.15) is 0 Å². The van der Waals surface area contributed by atoms with Crippen molar-refractivity contribution in [2.45, 2.75) is 6.23 Å². The first-order valence-corrected chi connectivity index (χ1v) is 2.63. The number of carbonyl (C=O) groups excluding carboxylic acids is 1. The molecule has 1 unspecified atom stereocenters. The number of aliphatic hydroxyl groups is 1. The van der Waals surface area contributed by atoms with Crippen LogP contribution in [0.4, 0.5) is 0 Å². The zero-order valence-electron chi connectivity index (χ0n) is 5.31. The number of amides is 1. The molecule has 56 valence electrons. The van der Waals surface area contributed by atoms with E-state index in [0.717, 1.165) is 6.08 Å². The normalized spacial score (nSPS) is 25.1. The van der Waals surface area contributed by atoms with E-state index >= 15 is 0 Å². The lowest BCUT2D eigenvalue weighted by atomic mass is 10.5. The minimum absolute atomic E-state index is 0.0463. The molecule has 0 fully saturated rings. The van der Waals surface area contributed by atoms with Gasteiger partial charge in [-0.05, 0) is 0 Å². The highest BCUT2D eigenvalue weighted by molar-refractivity contribution is 5.93. The van der Waals surface area contributed by atoms with Crippen molar-refractivity contribution in [3.8, 4) is 0 Å². The summed E-state index contributed by atoms with van der Waals surface area (Å²) in [5.74, 6) is -0.773. The molecule has 0 aromatic rings. The highest BCUT2D eigenvalue weighted by atomic mass is 16.6. The van der Waals surface area contributed by atoms with Gasteiger partial charge >= 0.3 is 5.91 Å². The fourth-order valence-corrected chi connectivity index (χ4v) is 0.666. The fourth-order valence-electron chi connectivity index (χ4n) is 0.666. The van der Waals surface area contributed by atoms with Crippen LogP contribution in [-0.2, 0) is 9.53 Å². The van der Waals surface area contributed by atoms with Crippen LogP contribution in [0.3, 0.4) is 0 Å². The predicted octanol–water partition coefficient (Wildman–Crippen LogP) is -0.933. The molecule has 0 aliphatic carbocycles. The summed E-state index contributed by atoms with van der Waals surface area (Å²) in [5.41, 5.74) is 0. The van der Waals surface area contributed by atoms with Gasteiger partial charge in [0.15, 0.2) is 12.0 Å². The number of methoxy groups -OCH3 is 1. The van der Waals surface area contributed by atoms with E-state index in [4.69, 9.17) is 10.3 Å². The molecular formula is C5H7NO4. The number of rotatable bonds is 1. The average molecular weight is 145 g/mol. The van der Waals surface area contributed by atoms with E-state index in [0.29, 0.717) is 0 Å². The second-order valence-corrected chi connectivity index (χ2v) is 1.80. The smallest absolute Gasteiger partial charge is 0.314 e. The van der Waals surface area contributed by atoms with E-state index in [1.54, 1.807) is 0 Å². The molecule has 0 aromatic carbocycles. The summed E-state index contributed by atoms with van der Waals surface area (Å²) in [7, 11) is 1.29. The first-order chi connectivity index (χ1) is 4.66. The maximum atomic E-state index is 10.7. The van der Waals surface area contributed by atoms with Gasteiger partial charge < -0.3 is 9.84 Å². The molecule has 0 bridgehead atoms. The van der Waals surface area contributed by atoms with Crippen LogP contribution in [-0.4, -0.2) is 34.6 Å². The van der Waals surface area contributed by atoms with Crippen LogP contribution in [0.2, 0.25) is 0 Å². The Bertz CT molecular complexity index is 188. The van der Waals surface area contributed by atoms with Crippen LogP contribution in [0.25, 0.3) is 0 Å². The molecule has 1 aliphatic rings. The lowest BCUT2D eigenvalue weighted by molar-refractivity contribution is -0.187. The number of hydrogen-bond acceptors (Lipinski definition) is 4. The molecule has 2 N–H and O–H groups in total. The molecule has 0 saturated carbocycles. The molecule has 1 atom stereocenters. The van der Waals surface area contributed by atoms with Gasteiger partial charge in [-0.1, -0.05) is 0 Å². The minimum atomic E-state index is -1.28. The van der Waals surface area contributed by atoms with Crippen molar-refractivity contribution in [3.05, 3.63) is 11.8 Å². The first kappa shape index (κ1) is 7.04. The Morgan fingerprint density at radius 1 is 1.80 bits per heavy atom. The Morgan fingerprint density at radius 2 is 2.40 bits per heavy atom. The third kappa shape index (κ3) is 0.850. The van der Waals surface area contributed by atoms with Gasteiger partial charge in [0.05, 0.1) is 7.11 Å². The van der Waals surface area contributed by atoms with Gasteiger partial charge in [0, 0.05) is 6.08 Å². The Labute approximate surface area is 57.1 Å². The van der Waals surface area contributed by atoms with E-state index in [2.05, 4.69) is 4.74 Å². The van der Waals surface area contributed by atoms with E-state index in [1.165, 1.54) is 7.11 Å². The number of nitrogens with zero attached hydrogens (tertiary/aromatic N) is 1. The number of ether oxygens (including phenoxy) is 1. The summed E-state index contributed by atoms with van der Waals surface area (Å²) in [6, 6.07) is 0. The quantitative estimate of drug-likeness (QED) is 0.467. The van der Waals surface area contributed by atoms with Crippen molar-refractivity contribution in [2.75, 3.05) is 7.11 Å². The van der Waals surface area contributed by atoms with E-state index in [9.17, 15) is 4.79 Å². The van der Waals surface area contributed by atoms with E-state index in [-0.39, 0.29) is 10.8 Å². The Balaban J connectivity index is 2.78. The summed E-state index contributed by atoms with van der Waals surface area (Å²) >= 11 is 0. The van der Waals surface area contributed by atoms with Gasteiger partial charge in [-0.2, -0.15) is 5.06 Å². The fraction of sp³-hybridized carbons (Fsp3) is 0.400. The Kier molecular flexibility index (Phi) is 1.60. The molecular weight excluding hydrogens is 138 g/mol. The number of aliphatic hydroxyl groups excluding tert-OH is 1. The molecule has 0 saturated heterocycles. The van der Waals surface area contributed by atoms with Crippen molar-refractivity contribution < 1.29 is 19.8 Å². The Morgan fingerprint density at radius 3 is 2.60 bits per heavy atom. The second-order valence-electron chi connectivity index (χ2n) is 1.80. The van der Waals surface area contributed by atoms with E-state index < -0.39 is 12.1 Å². The summed E-state index contributed by atoms with van der Waals surface area (Å²) in [6.45, 7) is 0. The Hall–Kier alpha value is -1.07. The van der Waals surface area contributed by atoms with Crippen LogP contribution in [0.15, 0.2) is 11.8 Å². The van der Waals surface area contributed by atoms with Crippen LogP contribution < -0.4 is 0 Å². The molecule has 5 heteroatoms. The lowest BCUT2D eigenvalue weighted by Gasteiger charge is -2.09.